The summed E-state index contributed by atoms with van der Waals surface area (Å²) < 4.78 is 6.24. The molecule has 2 heteroatoms. The summed E-state index contributed by atoms with van der Waals surface area (Å²) in [4.78, 5) is 0. The van der Waals surface area contributed by atoms with Gasteiger partial charge in [-0.05, 0) is 31.4 Å². The van der Waals surface area contributed by atoms with Crippen molar-refractivity contribution >= 4 is 0 Å². The van der Waals surface area contributed by atoms with Crippen LogP contribution in [0.2, 0.25) is 0 Å². The molecule has 0 amide bonds. The monoisotopic (exact) mass is 260 g/mol. The highest BCUT2D eigenvalue weighted by atomic mass is 16.5. The van der Waals surface area contributed by atoms with Gasteiger partial charge in [-0.1, -0.05) is 43.9 Å². The van der Waals surface area contributed by atoms with Crippen LogP contribution in [0, 0.1) is 12.3 Å². The molecule has 19 heavy (non-hydrogen) atoms. The van der Waals surface area contributed by atoms with E-state index in [0.29, 0.717) is 0 Å². The normalized spacial score (nSPS) is 29.6. The van der Waals surface area contributed by atoms with E-state index in [-0.39, 0.29) is 17.6 Å². The maximum atomic E-state index is 10.3. The Labute approximate surface area is 115 Å². The van der Waals surface area contributed by atoms with E-state index in [1.54, 1.807) is 0 Å². The number of ether oxygens (including phenoxy) is 1. The Bertz CT molecular complexity index is 433. The quantitative estimate of drug-likeness (QED) is 0.875. The lowest BCUT2D eigenvalue weighted by atomic mass is 9.59. The van der Waals surface area contributed by atoms with E-state index < -0.39 is 0 Å². The van der Waals surface area contributed by atoms with Crippen molar-refractivity contribution in [2.45, 2.75) is 64.1 Å². The zero-order valence-electron chi connectivity index (χ0n) is 11.8. The number of aliphatic hydroxyl groups is 1. The second-order valence-electron chi connectivity index (χ2n) is 6.27. The van der Waals surface area contributed by atoms with Gasteiger partial charge < -0.3 is 9.84 Å². The van der Waals surface area contributed by atoms with Gasteiger partial charge in [-0.3, -0.25) is 0 Å². The van der Waals surface area contributed by atoms with Gasteiger partial charge in [0.15, 0.2) is 0 Å². The number of benzene rings is 1. The number of aryl methyl sites for hydroxylation is 1. The van der Waals surface area contributed by atoms with E-state index in [0.717, 1.165) is 25.0 Å². The Morgan fingerprint density at radius 1 is 1.11 bits per heavy atom. The van der Waals surface area contributed by atoms with Gasteiger partial charge >= 0.3 is 0 Å². The van der Waals surface area contributed by atoms with Gasteiger partial charge in [-0.25, -0.2) is 0 Å². The van der Waals surface area contributed by atoms with Crippen molar-refractivity contribution in [3.05, 3.63) is 29.8 Å². The molecule has 2 atom stereocenters. The average Bonchev–Trinajstić information content (AvgIpc) is 2.68. The van der Waals surface area contributed by atoms with Crippen molar-refractivity contribution in [3.63, 3.8) is 0 Å². The summed E-state index contributed by atoms with van der Waals surface area (Å²) in [6, 6.07) is 8.20. The summed E-state index contributed by atoms with van der Waals surface area (Å²) in [5, 5.41) is 10.3. The summed E-state index contributed by atoms with van der Waals surface area (Å²) in [6.07, 6.45) is 8.22. The highest BCUT2D eigenvalue weighted by molar-refractivity contribution is 5.32. The fourth-order valence-corrected chi connectivity index (χ4v) is 3.78. The number of rotatable bonds is 2. The first-order valence-corrected chi connectivity index (χ1v) is 7.63. The van der Waals surface area contributed by atoms with Crippen LogP contribution in [-0.4, -0.2) is 17.3 Å². The molecule has 2 saturated carbocycles. The second-order valence-corrected chi connectivity index (χ2v) is 6.27. The van der Waals surface area contributed by atoms with Gasteiger partial charge in [0.05, 0.1) is 6.10 Å². The van der Waals surface area contributed by atoms with Crippen molar-refractivity contribution in [2.75, 3.05) is 0 Å². The maximum absolute atomic E-state index is 10.3. The SMILES string of the molecule is Cc1ccccc1OC1CC(O)C12CCCCCC2. The Morgan fingerprint density at radius 3 is 2.42 bits per heavy atom. The third-order valence-corrected chi connectivity index (χ3v) is 5.14. The van der Waals surface area contributed by atoms with Gasteiger partial charge in [-0.2, -0.15) is 0 Å². The largest absolute Gasteiger partial charge is 0.489 e. The molecule has 0 bridgehead atoms. The minimum atomic E-state index is -0.153. The van der Waals surface area contributed by atoms with Crippen LogP contribution in [0.4, 0.5) is 0 Å². The molecule has 0 radical (unpaired) electrons. The molecule has 0 aromatic heterocycles. The van der Waals surface area contributed by atoms with Crippen molar-refractivity contribution < 1.29 is 9.84 Å². The molecule has 0 aliphatic heterocycles. The van der Waals surface area contributed by atoms with Crippen molar-refractivity contribution in [2.24, 2.45) is 5.41 Å². The standard InChI is InChI=1S/C17H24O2/c1-13-8-4-5-9-14(13)19-16-12-15(18)17(16)10-6-2-3-7-11-17/h4-5,8-9,15-16,18H,2-3,6-7,10-12H2,1H3. The number of para-hydroxylation sites is 1. The smallest absolute Gasteiger partial charge is 0.122 e. The summed E-state index contributed by atoms with van der Waals surface area (Å²) in [5.41, 5.74) is 1.23. The lowest BCUT2D eigenvalue weighted by Gasteiger charge is -2.53. The highest BCUT2D eigenvalue weighted by Crippen LogP contribution is 2.52. The molecule has 0 heterocycles. The number of hydrogen-bond donors (Lipinski definition) is 1. The lowest BCUT2D eigenvalue weighted by molar-refractivity contribution is -0.163. The van der Waals surface area contributed by atoms with E-state index in [1.807, 2.05) is 18.2 Å². The van der Waals surface area contributed by atoms with Crippen LogP contribution < -0.4 is 4.74 Å². The molecular weight excluding hydrogens is 236 g/mol. The fourth-order valence-electron chi connectivity index (χ4n) is 3.78. The average molecular weight is 260 g/mol. The van der Waals surface area contributed by atoms with E-state index in [2.05, 4.69) is 13.0 Å². The zero-order chi connectivity index (χ0) is 13.3. The Morgan fingerprint density at radius 2 is 1.79 bits per heavy atom. The lowest BCUT2D eigenvalue weighted by Crippen LogP contribution is -2.59. The van der Waals surface area contributed by atoms with Gasteiger partial charge in [0.1, 0.15) is 11.9 Å². The van der Waals surface area contributed by atoms with Crippen LogP contribution in [0.5, 0.6) is 5.75 Å². The molecule has 2 nitrogen and oxygen atoms in total. The first kappa shape index (κ1) is 13.0. The second kappa shape index (κ2) is 5.16. The molecule has 1 aromatic rings. The molecule has 2 fully saturated rings. The number of hydrogen-bond acceptors (Lipinski definition) is 2. The Balaban J connectivity index is 1.76. The predicted octanol–water partition coefficient (Wildman–Crippen LogP) is 3.85. The van der Waals surface area contributed by atoms with E-state index in [9.17, 15) is 5.11 Å². The van der Waals surface area contributed by atoms with E-state index >= 15 is 0 Å². The van der Waals surface area contributed by atoms with Crippen molar-refractivity contribution in [1.82, 2.24) is 0 Å². The minimum Gasteiger partial charge on any atom is -0.489 e. The molecule has 2 unspecified atom stereocenters. The third-order valence-electron chi connectivity index (χ3n) is 5.14. The molecule has 3 rings (SSSR count). The van der Waals surface area contributed by atoms with E-state index in [4.69, 9.17) is 4.74 Å². The highest BCUT2D eigenvalue weighted by Gasteiger charge is 2.55. The number of aliphatic hydroxyl groups excluding tert-OH is 1. The van der Waals surface area contributed by atoms with Crippen LogP contribution in [0.3, 0.4) is 0 Å². The summed E-state index contributed by atoms with van der Waals surface area (Å²) in [5.74, 6) is 0.989. The van der Waals surface area contributed by atoms with Crippen LogP contribution >= 0.6 is 0 Å². The molecule has 0 saturated heterocycles. The fraction of sp³-hybridized carbons (Fsp3) is 0.647. The Kier molecular flexibility index (Phi) is 3.53. The summed E-state index contributed by atoms with van der Waals surface area (Å²) in [7, 11) is 0. The first-order valence-electron chi connectivity index (χ1n) is 7.63. The molecule has 104 valence electrons. The van der Waals surface area contributed by atoms with Crippen LogP contribution in [0.1, 0.15) is 50.5 Å². The Hall–Kier alpha value is -1.02. The molecule has 2 aliphatic rings. The molecular formula is C17H24O2. The summed E-state index contributed by atoms with van der Waals surface area (Å²) >= 11 is 0. The molecule has 2 aliphatic carbocycles. The molecule has 1 N–H and O–H groups in total. The zero-order valence-corrected chi connectivity index (χ0v) is 11.8. The van der Waals surface area contributed by atoms with Gasteiger partial charge in [0.2, 0.25) is 0 Å². The van der Waals surface area contributed by atoms with Crippen LogP contribution in [0.15, 0.2) is 24.3 Å². The first-order chi connectivity index (χ1) is 9.22. The van der Waals surface area contributed by atoms with Crippen LogP contribution in [-0.2, 0) is 0 Å². The van der Waals surface area contributed by atoms with Gasteiger partial charge in [0, 0.05) is 11.8 Å². The summed E-state index contributed by atoms with van der Waals surface area (Å²) in [6.45, 7) is 2.09. The third kappa shape index (κ3) is 2.27. The van der Waals surface area contributed by atoms with Gasteiger partial charge in [0.25, 0.3) is 0 Å². The maximum Gasteiger partial charge on any atom is 0.122 e. The van der Waals surface area contributed by atoms with Crippen molar-refractivity contribution in [1.29, 1.82) is 0 Å². The predicted molar refractivity (Wildman–Crippen MR) is 76.4 cm³/mol. The van der Waals surface area contributed by atoms with Crippen LogP contribution in [0.25, 0.3) is 0 Å². The topological polar surface area (TPSA) is 29.5 Å². The van der Waals surface area contributed by atoms with Crippen molar-refractivity contribution in [3.8, 4) is 5.75 Å². The molecule has 1 aromatic carbocycles. The molecule has 1 spiro atoms. The van der Waals surface area contributed by atoms with Gasteiger partial charge in [-0.15, -0.1) is 0 Å². The van der Waals surface area contributed by atoms with E-state index in [1.165, 1.54) is 31.2 Å². The minimum absolute atomic E-state index is 0.0405.